The predicted octanol–water partition coefficient (Wildman–Crippen LogP) is 4.94. The van der Waals surface area contributed by atoms with Crippen LogP contribution in [0.3, 0.4) is 0 Å². The molecule has 2 heteroatoms. The molecule has 0 bridgehead atoms. The second kappa shape index (κ2) is 5.25. The lowest BCUT2D eigenvalue weighted by Gasteiger charge is -2.49. The number of aliphatic hydroxyl groups excluding tert-OH is 2. The van der Waals surface area contributed by atoms with E-state index in [1.807, 2.05) is 0 Å². The first-order valence-corrected chi connectivity index (χ1v) is 10.9. The van der Waals surface area contributed by atoms with Crippen LogP contribution in [0, 0.1) is 5.41 Å². The summed E-state index contributed by atoms with van der Waals surface area (Å²) >= 11 is 0. The van der Waals surface area contributed by atoms with E-state index in [4.69, 9.17) is 0 Å². The van der Waals surface area contributed by atoms with Gasteiger partial charge in [0.25, 0.3) is 0 Å². The van der Waals surface area contributed by atoms with Crippen molar-refractivity contribution >= 4 is 0 Å². The smallest absolute Gasteiger partial charge is 0.0681 e. The fraction of sp³-hybridized carbons (Fsp3) is 0.357. The molecule has 3 aliphatic carbocycles. The van der Waals surface area contributed by atoms with Gasteiger partial charge in [-0.25, -0.2) is 0 Å². The van der Waals surface area contributed by atoms with Crippen molar-refractivity contribution in [1.82, 2.24) is 0 Å². The summed E-state index contributed by atoms with van der Waals surface area (Å²) in [6, 6.07) is 22.1. The van der Waals surface area contributed by atoms with Gasteiger partial charge in [-0.05, 0) is 44.5 Å². The van der Waals surface area contributed by atoms with Gasteiger partial charge in [0, 0.05) is 21.7 Å². The zero-order chi connectivity index (χ0) is 21.1. The number of aliphatic hydroxyl groups is 2. The molecular weight excluding hydrogens is 368 g/mol. The van der Waals surface area contributed by atoms with Crippen molar-refractivity contribution in [3.05, 3.63) is 105 Å². The van der Waals surface area contributed by atoms with Gasteiger partial charge in [0.15, 0.2) is 0 Å². The summed E-state index contributed by atoms with van der Waals surface area (Å²) in [7, 11) is 0. The molecule has 2 N–H and O–H groups in total. The molecule has 30 heavy (non-hydrogen) atoms. The highest BCUT2D eigenvalue weighted by molar-refractivity contribution is 5.76. The molecule has 0 saturated carbocycles. The third-order valence-electron chi connectivity index (χ3n) is 9.69. The Bertz CT molecular complexity index is 1150. The maximum absolute atomic E-state index is 9.91. The second-order valence-corrected chi connectivity index (χ2v) is 10.1. The fourth-order valence-electron chi connectivity index (χ4n) is 7.99. The lowest BCUT2D eigenvalue weighted by atomic mass is 9.52. The molecule has 0 saturated heterocycles. The van der Waals surface area contributed by atoms with Crippen LogP contribution in [0.25, 0.3) is 0 Å². The van der Waals surface area contributed by atoms with Gasteiger partial charge >= 0.3 is 0 Å². The fourth-order valence-corrected chi connectivity index (χ4v) is 7.99. The standard InChI is InChI=1S/C28H28O2/c1-25-19-7-5-6-8-20(19)26(2)22-12-10-18(16-30)14-24(22)27(3,28(25,26)4)23-13-17(15-29)9-11-21(23)25/h5-14,29-30H,15-16H2,1-4H3/t25-,26+,27?,28?. The quantitative estimate of drug-likeness (QED) is 0.644. The molecule has 3 aromatic carbocycles. The molecule has 0 fully saturated rings. The maximum Gasteiger partial charge on any atom is 0.0681 e. The SMILES string of the molecule is CC12c3cc(CO)ccc3[C@@]3(C)c4ccccc4[C@@](C)(c4ccc(CO)cc41)C23C. The van der Waals surface area contributed by atoms with E-state index in [1.54, 1.807) is 0 Å². The first-order valence-electron chi connectivity index (χ1n) is 10.9. The number of rotatable bonds is 2. The van der Waals surface area contributed by atoms with Crippen molar-refractivity contribution in [2.24, 2.45) is 5.41 Å². The lowest BCUT2D eigenvalue weighted by molar-refractivity contribution is 0.0996. The Balaban J connectivity index is 1.86. The molecular formula is C28H28O2. The molecule has 3 aliphatic rings. The van der Waals surface area contributed by atoms with Crippen molar-refractivity contribution in [2.45, 2.75) is 57.2 Å². The number of hydrogen-bond acceptors (Lipinski definition) is 2. The molecule has 3 aromatic rings. The van der Waals surface area contributed by atoms with Gasteiger partial charge in [0.1, 0.15) is 0 Å². The second-order valence-electron chi connectivity index (χ2n) is 10.1. The Morgan fingerprint density at radius 2 is 0.900 bits per heavy atom. The summed E-state index contributed by atoms with van der Waals surface area (Å²) in [6.45, 7) is 9.83. The summed E-state index contributed by atoms with van der Waals surface area (Å²) in [6.07, 6.45) is 0. The summed E-state index contributed by atoms with van der Waals surface area (Å²) in [5, 5.41) is 19.8. The molecule has 2 nitrogen and oxygen atoms in total. The maximum atomic E-state index is 9.91. The molecule has 0 aromatic heterocycles. The Hall–Kier alpha value is -2.42. The largest absolute Gasteiger partial charge is 0.392 e. The van der Waals surface area contributed by atoms with Crippen LogP contribution >= 0.6 is 0 Å². The Morgan fingerprint density at radius 1 is 0.533 bits per heavy atom. The van der Waals surface area contributed by atoms with Gasteiger partial charge in [-0.2, -0.15) is 0 Å². The van der Waals surface area contributed by atoms with Crippen LogP contribution in [-0.4, -0.2) is 10.2 Å². The minimum atomic E-state index is -0.226. The minimum absolute atomic E-state index is 0.0498. The van der Waals surface area contributed by atoms with Crippen molar-refractivity contribution in [2.75, 3.05) is 0 Å². The van der Waals surface area contributed by atoms with Gasteiger partial charge < -0.3 is 10.2 Å². The third-order valence-corrected chi connectivity index (χ3v) is 9.69. The lowest BCUT2D eigenvalue weighted by Crippen LogP contribution is -2.51. The Labute approximate surface area is 178 Å². The third kappa shape index (κ3) is 1.50. The zero-order valence-electron chi connectivity index (χ0n) is 18.1. The molecule has 4 atom stereocenters. The highest BCUT2D eigenvalue weighted by Crippen LogP contribution is 2.82. The van der Waals surface area contributed by atoms with E-state index in [-0.39, 0.29) is 34.9 Å². The minimum Gasteiger partial charge on any atom is -0.392 e. The molecule has 0 radical (unpaired) electrons. The van der Waals surface area contributed by atoms with E-state index in [2.05, 4.69) is 88.4 Å². The van der Waals surface area contributed by atoms with Gasteiger partial charge in [-0.3, -0.25) is 0 Å². The number of benzene rings is 3. The normalized spacial score (nSPS) is 34.5. The predicted molar refractivity (Wildman–Crippen MR) is 119 cm³/mol. The van der Waals surface area contributed by atoms with Crippen LogP contribution < -0.4 is 0 Å². The Morgan fingerprint density at radius 3 is 1.30 bits per heavy atom. The summed E-state index contributed by atoms with van der Waals surface area (Å²) < 4.78 is 0. The van der Waals surface area contributed by atoms with Crippen molar-refractivity contribution in [1.29, 1.82) is 0 Å². The molecule has 152 valence electrons. The summed E-state index contributed by atoms with van der Waals surface area (Å²) in [5.74, 6) is 0. The van der Waals surface area contributed by atoms with E-state index < -0.39 is 0 Å². The summed E-state index contributed by atoms with van der Waals surface area (Å²) in [5.41, 5.74) is 9.56. The van der Waals surface area contributed by atoms with Gasteiger partial charge in [0.2, 0.25) is 0 Å². The van der Waals surface area contributed by atoms with E-state index in [0.717, 1.165) is 11.1 Å². The van der Waals surface area contributed by atoms with Gasteiger partial charge in [-0.15, -0.1) is 0 Å². The van der Waals surface area contributed by atoms with Crippen LogP contribution in [0.5, 0.6) is 0 Å². The topological polar surface area (TPSA) is 40.5 Å². The van der Waals surface area contributed by atoms with Gasteiger partial charge in [0.05, 0.1) is 13.2 Å². The summed E-state index contributed by atoms with van der Waals surface area (Å²) in [4.78, 5) is 0. The highest BCUT2D eigenvalue weighted by atomic mass is 16.3. The first kappa shape index (κ1) is 18.4. The molecule has 2 unspecified atom stereocenters. The highest BCUT2D eigenvalue weighted by Gasteiger charge is 2.79. The van der Waals surface area contributed by atoms with E-state index in [1.165, 1.54) is 33.4 Å². The van der Waals surface area contributed by atoms with Crippen LogP contribution in [-0.2, 0) is 29.5 Å². The average molecular weight is 397 g/mol. The van der Waals surface area contributed by atoms with Crippen LogP contribution in [0.2, 0.25) is 0 Å². The first-order chi connectivity index (χ1) is 14.3. The Kier molecular flexibility index (Phi) is 3.21. The molecule has 0 aliphatic heterocycles. The number of hydrogen-bond donors (Lipinski definition) is 2. The van der Waals surface area contributed by atoms with Crippen LogP contribution in [0.4, 0.5) is 0 Å². The molecule has 0 spiro atoms. The van der Waals surface area contributed by atoms with Crippen LogP contribution in [0.1, 0.15) is 72.2 Å². The molecule has 0 heterocycles. The van der Waals surface area contributed by atoms with Crippen molar-refractivity contribution in [3.8, 4) is 0 Å². The molecule has 6 rings (SSSR count). The zero-order valence-corrected chi connectivity index (χ0v) is 18.1. The van der Waals surface area contributed by atoms with Crippen molar-refractivity contribution in [3.63, 3.8) is 0 Å². The van der Waals surface area contributed by atoms with E-state index in [9.17, 15) is 10.2 Å². The van der Waals surface area contributed by atoms with Gasteiger partial charge in [-0.1, -0.05) is 88.4 Å². The molecule has 0 amide bonds. The van der Waals surface area contributed by atoms with E-state index in [0.29, 0.717) is 0 Å². The van der Waals surface area contributed by atoms with E-state index >= 15 is 0 Å². The monoisotopic (exact) mass is 396 g/mol. The average Bonchev–Trinajstić information content (AvgIpc) is 3.14. The number of fused-ring (bicyclic) bond motifs is 9. The van der Waals surface area contributed by atoms with Crippen LogP contribution in [0.15, 0.2) is 60.7 Å². The van der Waals surface area contributed by atoms with Crippen molar-refractivity contribution < 1.29 is 10.2 Å².